The number of aryl methyl sites for hydroxylation is 1. The molecule has 1 aromatic rings. The van der Waals surface area contributed by atoms with Crippen molar-refractivity contribution in [3.63, 3.8) is 0 Å². The van der Waals surface area contributed by atoms with Crippen molar-refractivity contribution in [3.05, 3.63) is 23.8 Å². The molecule has 0 aliphatic carbocycles. The van der Waals surface area contributed by atoms with Crippen LogP contribution in [-0.4, -0.2) is 32.8 Å². The summed E-state index contributed by atoms with van der Waals surface area (Å²) in [5, 5.41) is 12.3. The Morgan fingerprint density at radius 3 is 3.11 bits per heavy atom. The van der Waals surface area contributed by atoms with E-state index in [0.717, 1.165) is 31.1 Å². The van der Waals surface area contributed by atoms with Crippen molar-refractivity contribution >= 4 is 5.69 Å². The van der Waals surface area contributed by atoms with Gasteiger partial charge in [0, 0.05) is 19.6 Å². The van der Waals surface area contributed by atoms with Gasteiger partial charge in [0.15, 0.2) is 0 Å². The lowest BCUT2D eigenvalue weighted by molar-refractivity contribution is 0.407. The van der Waals surface area contributed by atoms with Crippen molar-refractivity contribution in [2.45, 2.75) is 19.4 Å². The predicted molar refractivity (Wildman–Crippen MR) is 72.0 cm³/mol. The molecule has 0 aromatic heterocycles. The molecule has 1 fully saturated rings. The molecule has 1 N–H and O–H groups in total. The first-order valence-electron chi connectivity index (χ1n) is 6.25. The molecule has 1 aromatic carbocycles. The molecule has 18 heavy (non-hydrogen) atoms. The van der Waals surface area contributed by atoms with Gasteiger partial charge >= 0.3 is 0 Å². The number of piperazine rings is 1. The highest BCUT2D eigenvalue weighted by molar-refractivity contribution is 5.61. The number of nitrogens with one attached hydrogen (secondary N) is 1. The molecule has 0 spiro atoms. The van der Waals surface area contributed by atoms with E-state index >= 15 is 0 Å². The van der Waals surface area contributed by atoms with Gasteiger partial charge in [-0.25, -0.2) is 0 Å². The zero-order valence-electron chi connectivity index (χ0n) is 10.9. The number of benzene rings is 1. The molecule has 0 amide bonds. The molecular weight excluding hydrogens is 226 g/mol. The fourth-order valence-corrected chi connectivity index (χ4v) is 2.39. The maximum Gasteiger partial charge on any atom is 0.142 e. The SMILES string of the molecule is COc1ccc(C)cc1N1CCNCC1CC#N. The van der Waals surface area contributed by atoms with Crippen molar-refractivity contribution in [1.29, 1.82) is 5.26 Å². The summed E-state index contributed by atoms with van der Waals surface area (Å²) in [5.74, 6) is 0.880. The smallest absolute Gasteiger partial charge is 0.142 e. The van der Waals surface area contributed by atoms with Gasteiger partial charge in [0.25, 0.3) is 0 Å². The van der Waals surface area contributed by atoms with Gasteiger partial charge in [-0.1, -0.05) is 6.07 Å². The average Bonchev–Trinajstić information content (AvgIpc) is 2.40. The summed E-state index contributed by atoms with van der Waals surface area (Å²) >= 11 is 0. The summed E-state index contributed by atoms with van der Waals surface area (Å²) in [6.07, 6.45) is 0.532. The minimum absolute atomic E-state index is 0.222. The van der Waals surface area contributed by atoms with Crippen LogP contribution in [0.15, 0.2) is 18.2 Å². The van der Waals surface area contributed by atoms with Gasteiger partial charge in [-0.15, -0.1) is 0 Å². The number of anilines is 1. The zero-order valence-corrected chi connectivity index (χ0v) is 10.9. The minimum Gasteiger partial charge on any atom is -0.495 e. The first-order valence-corrected chi connectivity index (χ1v) is 6.25. The second kappa shape index (κ2) is 5.74. The maximum absolute atomic E-state index is 8.93. The third-order valence-corrected chi connectivity index (χ3v) is 3.32. The van der Waals surface area contributed by atoms with E-state index in [9.17, 15) is 0 Å². The lowest BCUT2D eigenvalue weighted by Gasteiger charge is -2.37. The largest absolute Gasteiger partial charge is 0.495 e. The van der Waals surface area contributed by atoms with Crippen molar-refractivity contribution in [2.75, 3.05) is 31.6 Å². The maximum atomic E-state index is 8.93. The van der Waals surface area contributed by atoms with Crippen LogP contribution in [0.1, 0.15) is 12.0 Å². The van der Waals surface area contributed by atoms with E-state index in [4.69, 9.17) is 10.00 Å². The predicted octanol–water partition coefficient (Wildman–Crippen LogP) is 1.70. The molecule has 0 radical (unpaired) electrons. The lowest BCUT2D eigenvalue weighted by Crippen LogP contribution is -2.51. The fraction of sp³-hybridized carbons (Fsp3) is 0.500. The number of nitrogens with zero attached hydrogens (tertiary/aromatic N) is 2. The molecule has 1 heterocycles. The Morgan fingerprint density at radius 1 is 1.56 bits per heavy atom. The van der Waals surface area contributed by atoms with Gasteiger partial charge < -0.3 is 15.0 Å². The molecule has 0 saturated carbocycles. The van der Waals surface area contributed by atoms with E-state index < -0.39 is 0 Å². The van der Waals surface area contributed by atoms with E-state index in [1.165, 1.54) is 5.56 Å². The molecule has 1 atom stereocenters. The van der Waals surface area contributed by atoms with E-state index in [-0.39, 0.29) is 6.04 Å². The van der Waals surface area contributed by atoms with Gasteiger partial charge in [0.2, 0.25) is 0 Å². The molecule has 1 saturated heterocycles. The summed E-state index contributed by atoms with van der Waals surface area (Å²) in [5.41, 5.74) is 2.30. The molecule has 1 aliphatic rings. The summed E-state index contributed by atoms with van der Waals surface area (Å²) in [7, 11) is 1.69. The summed E-state index contributed by atoms with van der Waals surface area (Å²) in [6.45, 7) is 4.78. The van der Waals surface area contributed by atoms with Crippen LogP contribution in [0.3, 0.4) is 0 Å². The van der Waals surface area contributed by atoms with Crippen LogP contribution in [0.2, 0.25) is 0 Å². The molecule has 2 rings (SSSR count). The minimum atomic E-state index is 0.222. The van der Waals surface area contributed by atoms with Crippen LogP contribution < -0.4 is 15.0 Å². The lowest BCUT2D eigenvalue weighted by atomic mass is 10.1. The monoisotopic (exact) mass is 245 g/mol. The van der Waals surface area contributed by atoms with Gasteiger partial charge in [0.05, 0.1) is 31.3 Å². The number of hydrogen-bond acceptors (Lipinski definition) is 4. The topological polar surface area (TPSA) is 48.3 Å². The number of methoxy groups -OCH3 is 1. The zero-order chi connectivity index (χ0) is 13.0. The highest BCUT2D eigenvalue weighted by atomic mass is 16.5. The number of hydrogen-bond donors (Lipinski definition) is 1. The van der Waals surface area contributed by atoms with E-state index in [1.54, 1.807) is 7.11 Å². The number of nitriles is 1. The van der Waals surface area contributed by atoms with Crippen LogP contribution in [0.4, 0.5) is 5.69 Å². The standard InChI is InChI=1S/C14H19N3O/c1-11-3-4-14(18-2)13(9-11)17-8-7-16-10-12(17)5-6-15/h3-4,9,12,16H,5,7-8,10H2,1-2H3. The van der Waals surface area contributed by atoms with E-state index in [2.05, 4.69) is 29.3 Å². The summed E-state index contributed by atoms with van der Waals surface area (Å²) < 4.78 is 5.44. The Kier molecular flexibility index (Phi) is 4.06. The number of rotatable bonds is 3. The van der Waals surface area contributed by atoms with Crippen LogP contribution in [0, 0.1) is 18.3 Å². The first kappa shape index (κ1) is 12.7. The van der Waals surface area contributed by atoms with Gasteiger partial charge in [0.1, 0.15) is 5.75 Å². The van der Waals surface area contributed by atoms with Crippen molar-refractivity contribution < 1.29 is 4.74 Å². The highest BCUT2D eigenvalue weighted by Gasteiger charge is 2.24. The summed E-state index contributed by atoms with van der Waals surface area (Å²) in [6, 6.07) is 8.66. The second-order valence-electron chi connectivity index (χ2n) is 4.59. The molecule has 0 bridgehead atoms. The molecule has 96 valence electrons. The van der Waals surface area contributed by atoms with Gasteiger partial charge in [-0.2, -0.15) is 5.26 Å². The Morgan fingerprint density at radius 2 is 2.39 bits per heavy atom. The Hall–Kier alpha value is -1.73. The third-order valence-electron chi connectivity index (χ3n) is 3.32. The Labute approximate surface area is 108 Å². The fourth-order valence-electron chi connectivity index (χ4n) is 2.39. The van der Waals surface area contributed by atoms with Crippen LogP contribution in [-0.2, 0) is 0 Å². The van der Waals surface area contributed by atoms with Crippen LogP contribution in [0.25, 0.3) is 0 Å². The molecule has 1 aliphatic heterocycles. The summed E-state index contributed by atoms with van der Waals surface area (Å²) in [4.78, 5) is 2.28. The van der Waals surface area contributed by atoms with Crippen molar-refractivity contribution in [1.82, 2.24) is 5.32 Å². The van der Waals surface area contributed by atoms with E-state index in [1.807, 2.05) is 12.1 Å². The normalized spacial score (nSPS) is 19.4. The third kappa shape index (κ3) is 2.57. The number of ether oxygens (including phenoxy) is 1. The average molecular weight is 245 g/mol. The molecule has 4 heteroatoms. The highest BCUT2D eigenvalue weighted by Crippen LogP contribution is 2.31. The van der Waals surface area contributed by atoms with Crippen molar-refractivity contribution in [2.24, 2.45) is 0 Å². The Balaban J connectivity index is 2.32. The Bertz CT molecular complexity index is 453. The molecular formula is C14H19N3O. The van der Waals surface area contributed by atoms with E-state index in [0.29, 0.717) is 6.42 Å². The van der Waals surface area contributed by atoms with Gasteiger partial charge in [-0.3, -0.25) is 0 Å². The van der Waals surface area contributed by atoms with Crippen LogP contribution >= 0.6 is 0 Å². The second-order valence-corrected chi connectivity index (χ2v) is 4.59. The van der Waals surface area contributed by atoms with Crippen LogP contribution in [0.5, 0.6) is 5.75 Å². The molecule has 4 nitrogen and oxygen atoms in total. The quantitative estimate of drug-likeness (QED) is 0.880. The van der Waals surface area contributed by atoms with Gasteiger partial charge in [-0.05, 0) is 24.6 Å². The van der Waals surface area contributed by atoms with Crippen molar-refractivity contribution in [3.8, 4) is 11.8 Å². The first-order chi connectivity index (χ1) is 8.76. The molecule has 1 unspecified atom stereocenters.